The molecule has 1 aromatic rings. The lowest BCUT2D eigenvalue weighted by atomic mass is 9.88. The van der Waals surface area contributed by atoms with Crippen LogP contribution in [0.25, 0.3) is 0 Å². The fraction of sp³-hybridized carbons (Fsp3) is 0.692. The van der Waals surface area contributed by atoms with E-state index in [1.807, 2.05) is 0 Å². The van der Waals surface area contributed by atoms with Gasteiger partial charge in [-0.3, -0.25) is 0 Å². The highest BCUT2D eigenvalue weighted by atomic mass is 79.9. The summed E-state index contributed by atoms with van der Waals surface area (Å²) >= 11 is 9.05. The number of hydrogen-bond acceptors (Lipinski definition) is 2. The third kappa shape index (κ3) is 3.55. The van der Waals surface area contributed by atoms with Crippen LogP contribution in [0, 0.1) is 5.92 Å². The van der Waals surface area contributed by atoms with E-state index in [0.717, 1.165) is 5.92 Å². The summed E-state index contributed by atoms with van der Waals surface area (Å²) in [5.41, 5.74) is 1.43. The molecule has 1 N–H and O–H groups in total. The molecule has 1 heterocycles. The van der Waals surface area contributed by atoms with Crippen molar-refractivity contribution < 1.29 is 0 Å². The number of halogens is 2. The maximum atomic E-state index is 3.69. The van der Waals surface area contributed by atoms with Crippen molar-refractivity contribution in [3.05, 3.63) is 19.2 Å². The Hall–Kier alpha value is 0.620. The van der Waals surface area contributed by atoms with Gasteiger partial charge in [-0.2, -0.15) is 0 Å². The molecule has 1 nitrogen and oxygen atoms in total. The van der Waals surface area contributed by atoms with Gasteiger partial charge in [0.15, 0.2) is 0 Å². The molecule has 0 spiro atoms. The highest BCUT2D eigenvalue weighted by Crippen LogP contribution is 2.41. The van der Waals surface area contributed by atoms with Crippen molar-refractivity contribution >= 4 is 43.2 Å². The van der Waals surface area contributed by atoms with Crippen LogP contribution < -0.4 is 5.32 Å². The summed E-state index contributed by atoms with van der Waals surface area (Å²) in [5.74, 6) is 0.792. The van der Waals surface area contributed by atoms with Crippen LogP contribution in [0.5, 0.6) is 0 Å². The quantitative estimate of drug-likeness (QED) is 0.682. The standard InChI is InChI=1S/C13H19Br2NS/c1-16-12(9-6-4-2-3-5-7-9)10-8-11(14)17-13(10)15/h8-9,12,16H,2-7H2,1H3. The minimum atomic E-state index is 0.505. The lowest BCUT2D eigenvalue weighted by Crippen LogP contribution is -2.24. The molecule has 1 atom stereocenters. The van der Waals surface area contributed by atoms with Crippen LogP contribution >= 0.6 is 43.2 Å². The van der Waals surface area contributed by atoms with E-state index in [1.54, 1.807) is 11.3 Å². The van der Waals surface area contributed by atoms with Gasteiger partial charge < -0.3 is 5.32 Å². The van der Waals surface area contributed by atoms with E-state index in [4.69, 9.17) is 0 Å². The first-order valence-electron chi connectivity index (χ1n) is 6.34. The Kier molecular flexibility index (Phi) is 5.52. The van der Waals surface area contributed by atoms with Crippen LogP contribution in [-0.4, -0.2) is 7.05 Å². The van der Waals surface area contributed by atoms with Crippen molar-refractivity contribution in [1.82, 2.24) is 5.32 Å². The second kappa shape index (κ2) is 6.69. The van der Waals surface area contributed by atoms with E-state index in [-0.39, 0.29) is 0 Å². The van der Waals surface area contributed by atoms with Gasteiger partial charge in [0.05, 0.1) is 7.57 Å². The van der Waals surface area contributed by atoms with Crippen LogP contribution in [0.15, 0.2) is 13.6 Å². The van der Waals surface area contributed by atoms with Gasteiger partial charge in [-0.05, 0) is 69.3 Å². The van der Waals surface area contributed by atoms with Crippen molar-refractivity contribution in [2.45, 2.75) is 44.6 Å². The van der Waals surface area contributed by atoms with Crippen LogP contribution in [0.4, 0.5) is 0 Å². The first kappa shape index (κ1) is 14.0. The van der Waals surface area contributed by atoms with Gasteiger partial charge in [0.25, 0.3) is 0 Å². The predicted molar refractivity (Wildman–Crippen MR) is 82.7 cm³/mol. The molecule has 0 bridgehead atoms. The number of hydrogen-bond donors (Lipinski definition) is 1. The maximum Gasteiger partial charge on any atom is 0.0758 e. The van der Waals surface area contributed by atoms with Gasteiger partial charge in [-0.25, -0.2) is 0 Å². The van der Waals surface area contributed by atoms with E-state index in [0.29, 0.717) is 6.04 Å². The monoisotopic (exact) mass is 379 g/mol. The van der Waals surface area contributed by atoms with Crippen molar-refractivity contribution in [2.24, 2.45) is 5.92 Å². The molecule has 1 aromatic heterocycles. The molecule has 4 heteroatoms. The summed E-state index contributed by atoms with van der Waals surface area (Å²) in [6, 6.07) is 2.77. The zero-order valence-electron chi connectivity index (χ0n) is 10.1. The Morgan fingerprint density at radius 1 is 1.24 bits per heavy atom. The molecule has 1 fully saturated rings. The van der Waals surface area contributed by atoms with Crippen LogP contribution in [-0.2, 0) is 0 Å². The second-order valence-electron chi connectivity index (χ2n) is 4.80. The molecule has 96 valence electrons. The molecular formula is C13H19Br2NS. The van der Waals surface area contributed by atoms with Crippen molar-refractivity contribution in [3.63, 3.8) is 0 Å². The van der Waals surface area contributed by atoms with Gasteiger partial charge in [0.1, 0.15) is 0 Å². The normalized spacial score (nSPS) is 20.2. The van der Waals surface area contributed by atoms with E-state index < -0.39 is 0 Å². The van der Waals surface area contributed by atoms with Gasteiger partial charge >= 0.3 is 0 Å². The Labute approximate surface area is 125 Å². The van der Waals surface area contributed by atoms with Crippen molar-refractivity contribution in [1.29, 1.82) is 0 Å². The molecule has 2 rings (SSSR count). The van der Waals surface area contributed by atoms with Crippen LogP contribution in [0.2, 0.25) is 0 Å². The van der Waals surface area contributed by atoms with Gasteiger partial charge in [0, 0.05) is 6.04 Å². The fourth-order valence-electron chi connectivity index (χ4n) is 2.85. The van der Waals surface area contributed by atoms with Crippen LogP contribution in [0.3, 0.4) is 0 Å². The molecule has 0 aromatic carbocycles. The van der Waals surface area contributed by atoms with E-state index in [1.165, 1.54) is 51.7 Å². The fourth-order valence-corrected chi connectivity index (χ4v) is 5.78. The highest BCUT2D eigenvalue weighted by Gasteiger charge is 2.25. The SMILES string of the molecule is CNC(c1cc(Br)sc1Br)C1CCCCCC1. The Bertz CT molecular complexity index is 356. The summed E-state index contributed by atoms with van der Waals surface area (Å²) in [5, 5.41) is 3.53. The lowest BCUT2D eigenvalue weighted by Gasteiger charge is -2.25. The summed E-state index contributed by atoms with van der Waals surface area (Å²) in [4.78, 5) is 0. The molecule has 1 aliphatic rings. The Morgan fingerprint density at radius 2 is 1.88 bits per heavy atom. The van der Waals surface area contributed by atoms with Gasteiger partial charge in [0.2, 0.25) is 0 Å². The van der Waals surface area contributed by atoms with Crippen molar-refractivity contribution in [3.8, 4) is 0 Å². The molecule has 0 saturated heterocycles. The second-order valence-corrected chi connectivity index (χ2v) is 8.55. The largest absolute Gasteiger partial charge is 0.313 e. The average Bonchev–Trinajstić information content (AvgIpc) is 2.55. The summed E-state index contributed by atoms with van der Waals surface area (Å²) < 4.78 is 2.49. The van der Waals surface area contributed by atoms with Gasteiger partial charge in [-0.15, -0.1) is 11.3 Å². The Morgan fingerprint density at radius 3 is 2.35 bits per heavy atom. The molecule has 0 aliphatic heterocycles. The smallest absolute Gasteiger partial charge is 0.0758 e. The molecule has 17 heavy (non-hydrogen) atoms. The number of nitrogens with one attached hydrogen (secondary N) is 1. The summed E-state index contributed by atoms with van der Waals surface area (Å²) in [7, 11) is 2.09. The van der Waals surface area contributed by atoms with Crippen molar-refractivity contribution in [2.75, 3.05) is 7.05 Å². The number of rotatable bonds is 3. The minimum Gasteiger partial charge on any atom is -0.313 e. The van der Waals surface area contributed by atoms with E-state index >= 15 is 0 Å². The highest BCUT2D eigenvalue weighted by molar-refractivity contribution is 9.12. The lowest BCUT2D eigenvalue weighted by molar-refractivity contribution is 0.341. The molecule has 0 radical (unpaired) electrons. The maximum absolute atomic E-state index is 3.69. The summed E-state index contributed by atoms with van der Waals surface area (Å²) in [6.07, 6.45) is 8.36. The zero-order valence-corrected chi connectivity index (χ0v) is 14.1. The summed E-state index contributed by atoms with van der Waals surface area (Å²) in [6.45, 7) is 0. The molecule has 1 saturated carbocycles. The zero-order chi connectivity index (χ0) is 12.3. The van der Waals surface area contributed by atoms with E-state index in [9.17, 15) is 0 Å². The minimum absolute atomic E-state index is 0.505. The molecular weight excluding hydrogens is 362 g/mol. The molecule has 1 unspecified atom stereocenters. The number of thiophene rings is 1. The van der Waals surface area contributed by atoms with Crippen LogP contribution in [0.1, 0.15) is 50.1 Å². The third-order valence-corrected chi connectivity index (χ3v) is 6.09. The predicted octanol–water partition coefficient (Wildman–Crippen LogP) is 5.50. The topological polar surface area (TPSA) is 12.0 Å². The van der Waals surface area contributed by atoms with E-state index in [2.05, 4.69) is 50.3 Å². The first-order valence-corrected chi connectivity index (χ1v) is 8.74. The third-order valence-electron chi connectivity index (χ3n) is 3.70. The van der Waals surface area contributed by atoms with Gasteiger partial charge in [-0.1, -0.05) is 25.7 Å². The Balaban J connectivity index is 2.16. The molecule has 1 aliphatic carbocycles. The average molecular weight is 381 g/mol. The molecule has 0 amide bonds. The first-order chi connectivity index (χ1) is 8.22.